The molecule has 104 valence electrons. The highest BCUT2D eigenvalue weighted by atomic mass is 16.5. The molecule has 3 heteroatoms. The number of ether oxygens (including phenoxy) is 1. The van der Waals surface area contributed by atoms with Crippen LogP contribution in [0.25, 0.3) is 0 Å². The summed E-state index contributed by atoms with van der Waals surface area (Å²) in [5.74, 6) is 2.69. The van der Waals surface area contributed by atoms with E-state index >= 15 is 0 Å². The van der Waals surface area contributed by atoms with Crippen LogP contribution in [-0.4, -0.2) is 37.7 Å². The molecular weight excluding hydrogens is 236 g/mol. The Morgan fingerprint density at radius 2 is 2.21 bits per heavy atom. The number of likely N-dealkylation sites (tertiary alicyclic amines) is 1. The number of benzene rings is 1. The summed E-state index contributed by atoms with van der Waals surface area (Å²) in [7, 11) is 1.73. The van der Waals surface area contributed by atoms with Crippen LogP contribution in [0.3, 0.4) is 0 Å². The second kappa shape index (κ2) is 5.14. The zero-order chi connectivity index (χ0) is 13.4. The van der Waals surface area contributed by atoms with Crippen LogP contribution in [0.15, 0.2) is 18.2 Å². The Hall–Kier alpha value is -1.06. The van der Waals surface area contributed by atoms with Gasteiger partial charge < -0.3 is 10.1 Å². The number of rotatable bonds is 3. The van der Waals surface area contributed by atoms with Gasteiger partial charge in [-0.1, -0.05) is 12.1 Å². The molecule has 19 heavy (non-hydrogen) atoms. The first-order valence-electron chi connectivity index (χ1n) is 7.27. The maximum atomic E-state index is 5.33. The van der Waals surface area contributed by atoms with Gasteiger partial charge in [-0.2, -0.15) is 0 Å². The molecule has 1 aromatic carbocycles. The molecule has 2 heterocycles. The van der Waals surface area contributed by atoms with E-state index in [-0.39, 0.29) is 0 Å². The number of nitrogens with zero attached hydrogens (tertiary/aromatic N) is 1. The molecule has 2 saturated heterocycles. The molecule has 3 unspecified atom stereocenters. The van der Waals surface area contributed by atoms with Crippen molar-refractivity contribution in [1.29, 1.82) is 0 Å². The van der Waals surface area contributed by atoms with Gasteiger partial charge in [-0.15, -0.1) is 0 Å². The third-order valence-electron chi connectivity index (χ3n) is 4.90. The lowest BCUT2D eigenvalue weighted by molar-refractivity contribution is 0.231. The molecule has 1 N–H and O–H groups in total. The molecule has 0 radical (unpaired) electrons. The van der Waals surface area contributed by atoms with Crippen LogP contribution in [0.5, 0.6) is 5.75 Å². The average molecular weight is 260 g/mol. The molecule has 2 aliphatic heterocycles. The molecule has 0 saturated carbocycles. The van der Waals surface area contributed by atoms with Gasteiger partial charge in [-0.25, -0.2) is 0 Å². The summed E-state index contributed by atoms with van der Waals surface area (Å²) in [5.41, 5.74) is 2.63. The fraction of sp³-hybridized carbons (Fsp3) is 0.625. The van der Waals surface area contributed by atoms with Gasteiger partial charge in [0.25, 0.3) is 0 Å². The predicted octanol–water partition coefficient (Wildman–Crippen LogP) is 2.04. The molecule has 3 nitrogen and oxygen atoms in total. The normalized spacial score (nSPS) is 30.6. The van der Waals surface area contributed by atoms with E-state index in [4.69, 9.17) is 4.74 Å². The molecule has 0 aliphatic carbocycles. The van der Waals surface area contributed by atoms with Crippen molar-refractivity contribution in [2.45, 2.75) is 26.4 Å². The van der Waals surface area contributed by atoms with E-state index in [1.54, 1.807) is 7.11 Å². The first-order valence-corrected chi connectivity index (χ1v) is 7.27. The average Bonchev–Trinajstić information content (AvgIpc) is 2.95. The minimum absolute atomic E-state index is 0.697. The number of hydrogen-bond donors (Lipinski definition) is 1. The van der Waals surface area contributed by atoms with Crippen molar-refractivity contribution >= 4 is 0 Å². The second-order valence-electron chi connectivity index (χ2n) is 6.06. The maximum Gasteiger partial charge on any atom is 0.121 e. The van der Waals surface area contributed by atoms with E-state index in [1.807, 2.05) is 0 Å². The lowest BCUT2D eigenvalue weighted by atomic mass is 9.95. The van der Waals surface area contributed by atoms with Crippen molar-refractivity contribution in [3.63, 3.8) is 0 Å². The van der Waals surface area contributed by atoms with Crippen molar-refractivity contribution < 1.29 is 4.74 Å². The van der Waals surface area contributed by atoms with E-state index in [1.165, 1.54) is 30.8 Å². The number of hydrogen-bond acceptors (Lipinski definition) is 3. The first-order chi connectivity index (χ1) is 9.19. The molecular formula is C16H24N2O. The molecule has 0 aromatic heterocycles. The third-order valence-corrected chi connectivity index (χ3v) is 4.90. The molecule has 2 fully saturated rings. The van der Waals surface area contributed by atoms with Crippen LogP contribution in [0, 0.1) is 18.8 Å². The Bertz CT molecular complexity index is 460. The molecule has 2 aliphatic rings. The number of fused-ring (bicyclic) bond motifs is 1. The summed E-state index contributed by atoms with van der Waals surface area (Å²) < 4.78 is 5.33. The van der Waals surface area contributed by atoms with E-state index in [0.29, 0.717) is 6.04 Å². The van der Waals surface area contributed by atoms with Crippen molar-refractivity contribution in [1.82, 2.24) is 10.2 Å². The monoisotopic (exact) mass is 260 g/mol. The van der Waals surface area contributed by atoms with E-state index in [0.717, 1.165) is 24.1 Å². The van der Waals surface area contributed by atoms with E-state index in [9.17, 15) is 0 Å². The summed E-state index contributed by atoms with van der Waals surface area (Å²) in [6.45, 7) is 9.21. The number of aryl methyl sites for hydroxylation is 1. The van der Waals surface area contributed by atoms with Crippen LogP contribution in [0.2, 0.25) is 0 Å². The maximum absolute atomic E-state index is 5.33. The van der Waals surface area contributed by atoms with Gasteiger partial charge in [0, 0.05) is 19.1 Å². The fourth-order valence-electron chi connectivity index (χ4n) is 3.74. The smallest absolute Gasteiger partial charge is 0.121 e. The molecule has 1 aromatic rings. The van der Waals surface area contributed by atoms with Gasteiger partial charge >= 0.3 is 0 Å². The van der Waals surface area contributed by atoms with Crippen LogP contribution >= 0.6 is 0 Å². The summed E-state index contributed by atoms with van der Waals surface area (Å²) in [5, 5.41) is 3.52. The van der Waals surface area contributed by atoms with E-state index in [2.05, 4.69) is 42.3 Å². The largest absolute Gasteiger partial charge is 0.496 e. The Balaban J connectivity index is 1.70. The predicted molar refractivity (Wildman–Crippen MR) is 77.5 cm³/mol. The SMILES string of the molecule is COc1ccc(CN2CC3CNCC3C2C)cc1C. The summed E-state index contributed by atoms with van der Waals surface area (Å²) in [6.07, 6.45) is 0. The highest BCUT2D eigenvalue weighted by Crippen LogP contribution is 2.33. The topological polar surface area (TPSA) is 24.5 Å². The first kappa shape index (κ1) is 12.9. The zero-order valence-corrected chi connectivity index (χ0v) is 12.1. The van der Waals surface area contributed by atoms with Crippen LogP contribution in [0.1, 0.15) is 18.1 Å². The van der Waals surface area contributed by atoms with Crippen molar-refractivity contribution in [2.24, 2.45) is 11.8 Å². The van der Waals surface area contributed by atoms with Gasteiger partial charge in [-0.05, 0) is 56.0 Å². The third kappa shape index (κ3) is 2.37. The van der Waals surface area contributed by atoms with E-state index < -0.39 is 0 Å². The Morgan fingerprint density at radius 1 is 1.37 bits per heavy atom. The van der Waals surface area contributed by atoms with Crippen LogP contribution in [-0.2, 0) is 6.54 Å². The summed E-state index contributed by atoms with van der Waals surface area (Å²) >= 11 is 0. The lowest BCUT2D eigenvalue weighted by Crippen LogP contribution is -2.32. The number of nitrogens with one attached hydrogen (secondary N) is 1. The molecule has 0 spiro atoms. The zero-order valence-electron chi connectivity index (χ0n) is 12.1. The van der Waals surface area contributed by atoms with Gasteiger partial charge in [0.05, 0.1) is 7.11 Å². The van der Waals surface area contributed by atoms with Crippen molar-refractivity contribution in [2.75, 3.05) is 26.7 Å². The molecule has 0 bridgehead atoms. The van der Waals surface area contributed by atoms with Gasteiger partial charge in [0.1, 0.15) is 5.75 Å². The van der Waals surface area contributed by atoms with Crippen molar-refractivity contribution in [3.8, 4) is 5.75 Å². The lowest BCUT2D eigenvalue weighted by Gasteiger charge is -2.24. The fourth-order valence-corrected chi connectivity index (χ4v) is 3.74. The number of methoxy groups -OCH3 is 1. The van der Waals surface area contributed by atoms with Gasteiger partial charge in [0.2, 0.25) is 0 Å². The Labute approximate surface area is 115 Å². The second-order valence-corrected chi connectivity index (χ2v) is 6.06. The Kier molecular flexibility index (Phi) is 3.50. The highest BCUT2D eigenvalue weighted by Gasteiger charge is 2.41. The van der Waals surface area contributed by atoms with Crippen LogP contribution in [0.4, 0.5) is 0 Å². The standard InChI is InChI=1S/C16H24N2O/c1-11-6-13(4-5-16(11)19-3)9-18-10-14-7-17-8-15(14)12(18)2/h4-6,12,14-15,17H,7-10H2,1-3H3. The summed E-state index contributed by atoms with van der Waals surface area (Å²) in [4.78, 5) is 2.64. The molecule has 0 amide bonds. The quantitative estimate of drug-likeness (QED) is 0.900. The highest BCUT2D eigenvalue weighted by molar-refractivity contribution is 5.36. The van der Waals surface area contributed by atoms with Gasteiger partial charge in [0.15, 0.2) is 0 Å². The molecule has 3 rings (SSSR count). The minimum Gasteiger partial charge on any atom is -0.496 e. The molecule has 3 atom stereocenters. The van der Waals surface area contributed by atoms with Gasteiger partial charge in [-0.3, -0.25) is 4.90 Å². The minimum atomic E-state index is 0.697. The van der Waals surface area contributed by atoms with Crippen molar-refractivity contribution in [3.05, 3.63) is 29.3 Å². The van der Waals surface area contributed by atoms with Crippen LogP contribution < -0.4 is 10.1 Å². The Morgan fingerprint density at radius 3 is 2.89 bits per heavy atom. The summed E-state index contributed by atoms with van der Waals surface area (Å²) in [6, 6.07) is 7.25.